The van der Waals surface area contributed by atoms with Crippen molar-refractivity contribution in [3.05, 3.63) is 29.8 Å². The summed E-state index contributed by atoms with van der Waals surface area (Å²) in [6.07, 6.45) is 0. The van der Waals surface area contributed by atoms with E-state index in [4.69, 9.17) is 5.11 Å². The van der Waals surface area contributed by atoms with E-state index in [0.717, 1.165) is 6.07 Å². The molecule has 0 aliphatic carbocycles. The van der Waals surface area contributed by atoms with Gasteiger partial charge in [0.25, 0.3) is 0 Å². The van der Waals surface area contributed by atoms with Crippen molar-refractivity contribution in [1.29, 1.82) is 0 Å². The average Bonchev–Trinajstić information content (AvgIpc) is 2.04. The van der Waals surface area contributed by atoms with Gasteiger partial charge in [0.05, 0.1) is 5.56 Å². The first-order chi connectivity index (χ1) is 5.61. The van der Waals surface area contributed by atoms with Gasteiger partial charge in [0.2, 0.25) is 0 Å². The molecule has 1 aromatic rings. The molecule has 1 rings (SSSR count). The van der Waals surface area contributed by atoms with Crippen LogP contribution in [0.3, 0.4) is 0 Å². The van der Waals surface area contributed by atoms with Gasteiger partial charge >= 0.3 is 13.2 Å². The lowest BCUT2D eigenvalue weighted by Gasteiger charge is -1.96. The van der Waals surface area contributed by atoms with Crippen LogP contribution in [-0.2, 0) is 0 Å². The van der Waals surface area contributed by atoms with Crippen molar-refractivity contribution < 1.29 is 18.5 Å². The zero-order valence-corrected chi connectivity index (χ0v) is 6.00. The smallest absolute Gasteiger partial charge is 0.478 e. The molecule has 1 aromatic carbocycles. The topological polar surface area (TPSA) is 37.3 Å². The van der Waals surface area contributed by atoms with Gasteiger partial charge in [0, 0.05) is 0 Å². The van der Waals surface area contributed by atoms with Crippen LogP contribution in [0.5, 0.6) is 0 Å². The third kappa shape index (κ3) is 1.81. The average molecular weight is 170 g/mol. The number of carbonyl (C=O) groups is 1. The Morgan fingerprint density at radius 1 is 1.42 bits per heavy atom. The highest BCUT2D eigenvalue weighted by molar-refractivity contribution is 6.60. The van der Waals surface area contributed by atoms with Gasteiger partial charge in [-0.2, -0.15) is 0 Å². The first-order valence-corrected chi connectivity index (χ1v) is 3.22. The van der Waals surface area contributed by atoms with Gasteiger partial charge in [-0.15, -0.1) is 0 Å². The summed E-state index contributed by atoms with van der Waals surface area (Å²) >= 11 is 0. The monoisotopic (exact) mass is 170 g/mol. The van der Waals surface area contributed by atoms with Crippen LogP contribution in [0.2, 0.25) is 0 Å². The minimum absolute atomic E-state index is 0.118. The van der Waals surface area contributed by atoms with Crippen LogP contribution < -0.4 is 5.46 Å². The van der Waals surface area contributed by atoms with E-state index in [9.17, 15) is 13.4 Å². The third-order valence-corrected chi connectivity index (χ3v) is 1.39. The molecule has 0 saturated heterocycles. The second-order valence-electron chi connectivity index (χ2n) is 2.23. The molecule has 0 fully saturated rings. The van der Waals surface area contributed by atoms with E-state index in [1.165, 1.54) is 18.2 Å². The molecule has 0 radical (unpaired) electrons. The Bertz CT molecular complexity index is 301. The molecule has 0 aliphatic rings. The molecule has 0 spiro atoms. The molecule has 12 heavy (non-hydrogen) atoms. The van der Waals surface area contributed by atoms with E-state index in [0.29, 0.717) is 0 Å². The maximum atomic E-state index is 12.0. The number of benzene rings is 1. The Balaban J connectivity index is 3.04. The standard InChI is InChI=1S/C7H5BF2O2/c9-8(10)6-3-1-2-5(4-6)7(11)12/h1-4H,(H,11,12). The van der Waals surface area contributed by atoms with Gasteiger partial charge in [0.1, 0.15) is 0 Å². The van der Waals surface area contributed by atoms with E-state index in [1.807, 2.05) is 0 Å². The fraction of sp³-hybridized carbons (Fsp3) is 0. The highest BCUT2D eigenvalue weighted by atomic mass is 19.2. The van der Waals surface area contributed by atoms with Crippen LogP contribution >= 0.6 is 0 Å². The van der Waals surface area contributed by atoms with E-state index >= 15 is 0 Å². The Morgan fingerprint density at radius 2 is 2.08 bits per heavy atom. The van der Waals surface area contributed by atoms with Gasteiger partial charge in [-0.25, -0.2) is 4.79 Å². The van der Waals surface area contributed by atoms with Crippen LogP contribution in [0.1, 0.15) is 10.4 Å². The van der Waals surface area contributed by atoms with Crippen molar-refractivity contribution in [1.82, 2.24) is 0 Å². The van der Waals surface area contributed by atoms with E-state index in [1.54, 1.807) is 0 Å². The number of hydrogen-bond donors (Lipinski definition) is 1. The molecular formula is C7H5BF2O2. The number of carboxylic acids is 1. The lowest BCUT2D eigenvalue weighted by Crippen LogP contribution is -2.21. The van der Waals surface area contributed by atoms with E-state index in [-0.39, 0.29) is 11.0 Å². The predicted octanol–water partition coefficient (Wildman–Crippen LogP) is 1.02. The fourth-order valence-electron chi connectivity index (χ4n) is 0.807. The fourth-order valence-corrected chi connectivity index (χ4v) is 0.807. The maximum Gasteiger partial charge on any atom is 0.572 e. The van der Waals surface area contributed by atoms with E-state index < -0.39 is 13.2 Å². The van der Waals surface area contributed by atoms with Crippen molar-refractivity contribution >= 4 is 18.7 Å². The lowest BCUT2D eigenvalue weighted by atomic mass is 9.85. The predicted molar refractivity (Wildman–Crippen MR) is 41.0 cm³/mol. The largest absolute Gasteiger partial charge is 0.572 e. The second kappa shape index (κ2) is 3.34. The summed E-state index contributed by atoms with van der Waals surface area (Å²) in [5.74, 6) is -1.20. The molecule has 0 saturated carbocycles. The van der Waals surface area contributed by atoms with Crippen LogP contribution in [0.15, 0.2) is 24.3 Å². The summed E-state index contributed by atoms with van der Waals surface area (Å²) in [4.78, 5) is 10.3. The van der Waals surface area contributed by atoms with Gasteiger partial charge in [0.15, 0.2) is 0 Å². The van der Waals surface area contributed by atoms with Gasteiger partial charge < -0.3 is 5.11 Å². The molecule has 0 heterocycles. The Hall–Kier alpha value is -1.39. The van der Waals surface area contributed by atoms with Crippen molar-refractivity contribution in [2.75, 3.05) is 0 Å². The highest BCUT2D eigenvalue weighted by Crippen LogP contribution is 1.98. The quantitative estimate of drug-likeness (QED) is 0.672. The molecule has 0 atom stereocenters. The first kappa shape index (κ1) is 8.71. The van der Waals surface area contributed by atoms with Gasteiger partial charge in [-0.05, 0) is 17.6 Å². The summed E-state index contributed by atoms with van der Waals surface area (Å²) in [7, 11) is -2.62. The third-order valence-electron chi connectivity index (χ3n) is 1.39. The Labute approximate surface area is 68.0 Å². The number of halogens is 2. The molecule has 0 bridgehead atoms. The molecule has 62 valence electrons. The molecular weight excluding hydrogens is 165 g/mol. The molecule has 0 unspecified atom stereocenters. The van der Waals surface area contributed by atoms with Crippen molar-refractivity contribution in [2.45, 2.75) is 0 Å². The Morgan fingerprint density at radius 3 is 2.58 bits per heavy atom. The summed E-state index contributed by atoms with van der Waals surface area (Å²) in [5, 5.41) is 8.45. The molecule has 1 N–H and O–H groups in total. The zero-order chi connectivity index (χ0) is 9.14. The molecule has 0 amide bonds. The van der Waals surface area contributed by atoms with Gasteiger partial charge in [-0.1, -0.05) is 12.1 Å². The zero-order valence-electron chi connectivity index (χ0n) is 6.00. The SMILES string of the molecule is O=C(O)c1cccc(B(F)F)c1. The van der Waals surface area contributed by atoms with Crippen LogP contribution in [0, 0.1) is 0 Å². The summed E-state index contributed by atoms with van der Waals surface area (Å²) in [6.45, 7) is 0. The first-order valence-electron chi connectivity index (χ1n) is 3.22. The minimum Gasteiger partial charge on any atom is -0.478 e. The Kier molecular flexibility index (Phi) is 2.42. The number of carboxylic acid groups (broad SMARTS) is 1. The maximum absolute atomic E-state index is 12.0. The minimum atomic E-state index is -2.62. The molecule has 0 aromatic heterocycles. The molecule has 5 heteroatoms. The lowest BCUT2D eigenvalue weighted by molar-refractivity contribution is 0.0697. The summed E-state index contributed by atoms with van der Waals surface area (Å²) in [5.41, 5.74) is -0.386. The summed E-state index contributed by atoms with van der Waals surface area (Å²) < 4.78 is 24.0. The number of hydrogen-bond acceptors (Lipinski definition) is 1. The molecule has 2 nitrogen and oxygen atoms in total. The van der Waals surface area contributed by atoms with E-state index in [2.05, 4.69) is 0 Å². The second-order valence-corrected chi connectivity index (χ2v) is 2.23. The highest BCUT2D eigenvalue weighted by Gasteiger charge is 2.16. The number of aromatic carboxylic acids is 1. The van der Waals surface area contributed by atoms with Gasteiger partial charge in [-0.3, -0.25) is 8.63 Å². The number of rotatable bonds is 2. The van der Waals surface area contributed by atoms with Crippen LogP contribution in [-0.4, -0.2) is 18.3 Å². The summed E-state index contributed by atoms with van der Waals surface area (Å²) in [6, 6.07) is 4.73. The van der Waals surface area contributed by atoms with Crippen molar-refractivity contribution in [3.63, 3.8) is 0 Å². The molecule has 0 aliphatic heterocycles. The van der Waals surface area contributed by atoms with Crippen LogP contribution in [0.25, 0.3) is 0 Å². The normalized spacial score (nSPS) is 9.50. The van der Waals surface area contributed by atoms with Crippen LogP contribution in [0.4, 0.5) is 8.63 Å². The van der Waals surface area contributed by atoms with Crippen molar-refractivity contribution in [2.24, 2.45) is 0 Å². The van der Waals surface area contributed by atoms with Crippen molar-refractivity contribution in [3.8, 4) is 0 Å².